The normalized spacial score (nSPS) is 10.6. The first-order chi connectivity index (χ1) is 13.7. The molecule has 28 heavy (non-hydrogen) atoms. The topological polar surface area (TPSA) is 48.4 Å². The Bertz CT molecular complexity index is 1140. The number of hydrogen-bond donors (Lipinski definition) is 0. The molecular weight excluding hydrogens is 350 g/mol. The van der Waals surface area contributed by atoms with Gasteiger partial charge >= 0.3 is 5.97 Å². The Hall–Kier alpha value is -3.66. The van der Waals surface area contributed by atoms with Crippen LogP contribution in [0.5, 0.6) is 5.75 Å². The van der Waals surface area contributed by atoms with E-state index in [1.807, 2.05) is 48.5 Å². The molecule has 0 aliphatic carbocycles. The number of methoxy groups -OCH3 is 2. The van der Waals surface area contributed by atoms with Gasteiger partial charge in [-0.05, 0) is 48.0 Å². The van der Waals surface area contributed by atoms with Gasteiger partial charge in [-0.15, -0.1) is 0 Å². The van der Waals surface area contributed by atoms with E-state index in [1.165, 1.54) is 7.11 Å². The van der Waals surface area contributed by atoms with Gasteiger partial charge in [-0.1, -0.05) is 36.4 Å². The van der Waals surface area contributed by atoms with Gasteiger partial charge in [0, 0.05) is 16.5 Å². The lowest BCUT2D eigenvalue weighted by Crippen LogP contribution is -2.01. The molecule has 0 atom stereocenters. The van der Waals surface area contributed by atoms with Gasteiger partial charge in [0.2, 0.25) is 0 Å². The number of fused-ring (bicyclic) bond motifs is 1. The Morgan fingerprint density at radius 1 is 0.821 bits per heavy atom. The first kappa shape index (κ1) is 17.7. The highest BCUT2D eigenvalue weighted by Gasteiger charge is 2.13. The van der Waals surface area contributed by atoms with Crippen molar-refractivity contribution in [1.82, 2.24) is 4.98 Å². The Balaban J connectivity index is 1.95. The molecule has 0 saturated carbocycles. The molecule has 0 spiro atoms. The van der Waals surface area contributed by atoms with Crippen LogP contribution in [0.15, 0.2) is 78.9 Å². The Labute approximate surface area is 163 Å². The van der Waals surface area contributed by atoms with Crippen LogP contribution < -0.4 is 4.74 Å². The monoisotopic (exact) mass is 369 g/mol. The summed E-state index contributed by atoms with van der Waals surface area (Å²) < 4.78 is 10.1. The van der Waals surface area contributed by atoms with Crippen molar-refractivity contribution in [3.8, 4) is 28.1 Å². The molecule has 0 aliphatic heterocycles. The van der Waals surface area contributed by atoms with Crippen LogP contribution in [-0.4, -0.2) is 25.2 Å². The molecule has 138 valence electrons. The maximum atomic E-state index is 11.9. The molecule has 1 aromatic heterocycles. The van der Waals surface area contributed by atoms with Crippen LogP contribution in [0.3, 0.4) is 0 Å². The van der Waals surface area contributed by atoms with Crippen molar-refractivity contribution in [2.45, 2.75) is 0 Å². The highest BCUT2D eigenvalue weighted by atomic mass is 16.5. The number of pyridine rings is 1. The Morgan fingerprint density at radius 3 is 2.25 bits per heavy atom. The van der Waals surface area contributed by atoms with Gasteiger partial charge in [0.25, 0.3) is 0 Å². The molecule has 4 nitrogen and oxygen atoms in total. The van der Waals surface area contributed by atoms with E-state index >= 15 is 0 Å². The largest absolute Gasteiger partial charge is 0.497 e. The maximum Gasteiger partial charge on any atom is 0.337 e. The third-order valence-corrected chi connectivity index (χ3v) is 4.69. The highest BCUT2D eigenvalue weighted by molar-refractivity contribution is 5.97. The zero-order valence-electron chi connectivity index (χ0n) is 15.7. The van der Waals surface area contributed by atoms with Gasteiger partial charge in [-0.2, -0.15) is 0 Å². The minimum Gasteiger partial charge on any atom is -0.497 e. The van der Waals surface area contributed by atoms with E-state index in [4.69, 9.17) is 14.5 Å². The second-order valence-electron chi connectivity index (χ2n) is 6.38. The lowest BCUT2D eigenvalue weighted by molar-refractivity contribution is 0.0601. The van der Waals surface area contributed by atoms with Gasteiger partial charge in [-0.25, -0.2) is 9.78 Å². The average molecular weight is 369 g/mol. The summed E-state index contributed by atoms with van der Waals surface area (Å²) in [5, 5.41) is 0.962. The van der Waals surface area contributed by atoms with Gasteiger partial charge in [0.1, 0.15) is 5.75 Å². The molecule has 0 amide bonds. The van der Waals surface area contributed by atoms with Crippen molar-refractivity contribution >= 4 is 16.9 Å². The van der Waals surface area contributed by atoms with E-state index in [-0.39, 0.29) is 5.97 Å². The quantitative estimate of drug-likeness (QED) is 0.454. The summed E-state index contributed by atoms with van der Waals surface area (Å²) in [4.78, 5) is 16.8. The van der Waals surface area contributed by atoms with E-state index < -0.39 is 0 Å². The van der Waals surface area contributed by atoms with Crippen LogP contribution in [0.25, 0.3) is 33.3 Å². The van der Waals surface area contributed by atoms with E-state index in [2.05, 4.69) is 18.2 Å². The standard InChI is InChI=1S/C24H19NO3/c1-27-20-12-10-17(11-13-20)23-21(16-6-4-3-5-7-16)14-18-8-9-19(24(26)28-2)15-22(18)25-23/h3-15H,1-2H3. The first-order valence-corrected chi connectivity index (χ1v) is 8.92. The van der Waals surface area contributed by atoms with E-state index in [0.29, 0.717) is 5.56 Å². The summed E-state index contributed by atoms with van der Waals surface area (Å²) in [6.07, 6.45) is 0. The van der Waals surface area contributed by atoms with Crippen LogP contribution in [0.1, 0.15) is 10.4 Å². The smallest absolute Gasteiger partial charge is 0.337 e. The predicted octanol–water partition coefficient (Wildman–Crippen LogP) is 5.36. The Morgan fingerprint density at radius 2 is 1.57 bits per heavy atom. The number of nitrogens with zero attached hydrogens (tertiary/aromatic N) is 1. The van der Waals surface area contributed by atoms with E-state index in [1.54, 1.807) is 19.2 Å². The Kier molecular flexibility index (Phi) is 4.77. The minimum absolute atomic E-state index is 0.373. The molecule has 0 radical (unpaired) electrons. The van der Waals surface area contributed by atoms with Gasteiger partial charge in [0.05, 0.1) is 31.0 Å². The third-order valence-electron chi connectivity index (χ3n) is 4.69. The fourth-order valence-electron chi connectivity index (χ4n) is 3.22. The lowest BCUT2D eigenvalue weighted by Gasteiger charge is -2.12. The number of benzene rings is 3. The second kappa shape index (κ2) is 7.53. The van der Waals surface area contributed by atoms with Crippen molar-refractivity contribution in [2.75, 3.05) is 14.2 Å². The molecule has 4 rings (SSSR count). The molecule has 0 N–H and O–H groups in total. The van der Waals surface area contributed by atoms with Crippen molar-refractivity contribution in [1.29, 1.82) is 0 Å². The van der Waals surface area contributed by atoms with E-state index in [9.17, 15) is 4.79 Å². The molecule has 0 unspecified atom stereocenters. The summed E-state index contributed by atoms with van der Waals surface area (Å²) in [7, 11) is 3.02. The first-order valence-electron chi connectivity index (χ1n) is 8.92. The van der Waals surface area contributed by atoms with Crippen molar-refractivity contribution in [2.24, 2.45) is 0 Å². The number of hydrogen-bond acceptors (Lipinski definition) is 4. The van der Waals surface area contributed by atoms with E-state index in [0.717, 1.165) is 39.0 Å². The molecule has 4 heteroatoms. The molecule has 0 aliphatic rings. The fraction of sp³-hybridized carbons (Fsp3) is 0.0833. The average Bonchev–Trinajstić information content (AvgIpc) is 2.78. The molecular formula is C24H19NO3. The fourth-order valence-corrected chi connectivity index (χ4v) is 3.22. The molecule has 0 saturated heterocycles. The number of rotatable bonds is 4. The number of esters is 1. The van der Waals surface area contributed by atoms with Crippen molar-refractivity contribution in [3.63, 3.8) is 0 Å². The maximum absolute atomic E-state index is 11.9. The third kappa shape index (κ3) is 3.32. The summed E-state index contributed by atoms with van der Waals surface area (Å²) in [5.41, 5.74) is 5.17. The van der Waals surface area contributed by atoms with Crippen molar-refractivity contribution in [3.05, 3.63) is 84.4 Å². The van der Waals surface area contributed by atoms with Crippen molar-refractivity contribution < 1.29 is 14.3 Å². The summed E-state index contributed by atoms with van der Waals surface area (Å²) in [5.74, 6) is 0.417. The number of carbonyl (C=O) groups is 1. The summed E-state index contributed by atoms with van der Waals surface area (Å²) in [6, 6.07) is 25.5. The van der Waals surface area contributed by atoms with Crippen LogP contribution in [0.4, 0.5) is 0 Å². The lowest BCUT2D eigenvalue weighted by atomic mass is 9.97. The highest BCUT2D eigenvalue weighted by Crippen LogP contribution is 2.34. The summed E-state index contributed by atoms with van der Waals surface area (Å²) in [6.45, 7) is 0. The van der Waals surface area contributed by atoms with Gasteiger partial charge in [-0.3, -0.25) is 0 Å². The molecule has 0 fully saturated rings. The summed E-state index contributed by atoms with van der Waals surface area (Å²) >= 11 is 0. The van der Waals surface area contributed by atoms with Crippen LogP contribution in [-0.2, 0) is 4.74 Å². The number of aromatic nitrogens is 1. The second-order valence-corrected chi connectivity index (χ2v) is 6.38. The SMILES string of the molecule is COC(=O)c1ccc2cc(-c3ccccc3)c(-c3ccc(OC)cc3)nc2c1. The van der Waals surface area contributed by atoms with Gasteiger partial charge in [0.15, 0.2) is 0 Å². The molecule has 1 heterocycles. The molecule has 3 aromatic carbocycles. The number of ether oxygens (including phenoxy) is 2. The molecule has 0 bridgehead atoms. The van der Waals surface area contributed by atoms with Crippen LogP contribution in [0.2, 0.25) is 0 Å². The zero-order chi connectivity index (χ0) is 19.5. The van der Waals surface area contributed by atoms with Crippen LogP contribution >= 0.6 is 0 Å². The van der Waals surface area contributed by atoms with Gasteiger partial charge < -0.3 is 9.47 Å². The predicted molar refractivity (Wildman–Crippen MR) is 111 cm³/mol. The van der Waals surface area contributed by atoms with Crippen LogP contribution in [0, 0.1) is 0 Å². The molecule has 4 aromatic rings. The number of carbonyl (C=O) groups excluding carboxylic acids is 1. The minimum atomic E-state index is -0.373. The zero-order valence-corrected chi connectivity index (χ0v) is 15.7.